The Labute approximate surface area is 83.4 Å². The average molecular weight is 196 g/mol. The van der Waals surface area contributed by atoms with Gasteiger partial charge in [-0.05, 0) is 12.8 Å². The van der Waals surface area contributed by atoms with Crippen LogP contribution in [0.15, 0.2) is 0 Å². The van der Waals surface area contributed by atoms with Crippen LogP contribution in [0.1, 0.15) is 32.1 Å². The number of primary amides is 1. The van der Waals surface area contributed by atoms with E-state index in [1.807, 2.05) is 0 Å². The molecule has 78 valence electrons. The minimum Gasteiger partial charge on any atom is -0.370 e. The number of carbonyl (C=O) groups is 2. The van der Waals surface area contributed by atoms with E-state index in [4.69, 9.17) is 5.73 Å². The molecule has 4 nitrogen and oxygen atoms in total. The third-order valence-corrected chi connectivity index (χ3v) is 3.31. The molecule has 2 fully saturated rings. The zero-order chi connectivity index (χ0) is 10.1. The van der Waals surface area contributed by atoms with Crippen molar-refractivity contribution < 1.29 is 9.59 Å². The van der Waals surface area contributed by atoms with Crippen molar-refractivity contribution in [2.45, 2.75) is 44.2 Å². The molecule has 0 aromatic rings. The van der Waals surface area contributed by atoms with E-state index in [2.05, 4.69) is 4.90 Å². The zero-order valence-corrected chi connectivity index (χ0v) is 8.24. The Morgan fingerprint density at radius 3 is 2.43 bits per heavy atom. The first kappa shape index (κ1) is 9.65. The quantitative estimate of drug-likeness (QED) is 0.694. The maximum absolute atomic E-state index is 11.3. The number of amides is 1. The predicted molar refractivity (Wildman–Crippen MR) is 51.6 cm³/mol. The fourth-order valence-electron chi connectivity index (χ4n) is 2.67. The smallest absolute Gasteiger partial charge is 0.218 e. The molecule has 2 aliphatic heterocycles. The first-order valence-corrected chi connectivity index (χ1v) is 5.22. The molecule has 0 radical (unpaired) electrons. The second-order valence-corrected chi connectivity index (χ2v) is 4.29. The van der Waals surface area contributed by atoms with E-state index >= 15 is 0 Å². The Kier molecular flexibility index (Phi) is 2.54. The molecule has 14 heavy (non-hydrogen) atoms. The normalized spacial score (nSPS) is 32.1. The Hall–Kier alpha value is -0.900. The van der Waals surface area contributed by atoms with Gasteiger partial charge in [0, 0.05) is 37.9 Å². The molecule has 4 heteroatoms. The molecule has 0 saturated carbocycles. The molecule has 2 heterocycles. The summed E-state index contributed by atoms with van der Waals surface area (Å²) < 4.78 is 0. The maximum Gasteiger partial charge on any atom is 0.218 e. The van der Waals surface area contributed by atoms with E-state index in [0.717, 1.165) is 19.4 Å². The maximum atomic E-state index is 11.3. The molecular formula is C10H16N2O2. The number of fused-ring (bicyclic) bond motifs is 2. The second kappa shape index (κ2) is 3.69. The third kappa shape index (κ3) is 1.80. The third-order valence-electron chi connectivity index (χ3n) is 3.31. The largest absolute Gasteiger partial charge is 0.370 e. The summed E-state index contributed by atoms with van der Waals surface area (Å²) in [4.78, 5) is 24.3. The van der Waals surface area contributed by atoms with Crippen molar-refractivity contribution in [1.82, 2.24) is 4.90 Å². The molecule has 0 aliphatic carbocycles. The number of piperidine rings is 1. The van der Waals surface area contributed by atoms with Crippen LogP contribution in [0.3, 0.4) is 0 Å². The molecule has 0 spiro atoms. The Morgan fingerprint density at radius 1 is 1.36 bits per heavy atom. The van der Waals surface area contributed by atoms with Crippen LogP contribution >= 0.6 is 0 Å². The van der Waals surface area contributed by atoms with Crippen molar-refractivity contribution in [3.63, 3.8) is 0 Å². The molecule has 0 aromatic carbocycles. The lowest BCUT2D eigenvalue weighted by atomic mass is 10.0. The molecule has 2 saturated heterocycles. The zero-order valence-electron chi connectivity index (χ0n) is 8.24. The molecule has 2 aliphatic rings. The van der Waals surface area contributed by atoms with Gasteiger partial charge in [0.05, 0.1) is 0 Å². The first-order chi connectivity index (χ1) is 6.66. The summed E-state index contributed by atoms with van der Waals surface area (Å²) in [6, 6.07) is 0.779. The monoisotopic (exact) mass is 196 g/mol. The van der Waals surface area contributed by atoms with Crippen LogP contribution in [-0.4, -0.2) is 35.2 Å². The molecule has 2 unspecified atom stereocenters. The van der Waals surface area contributed by atoms with Crippen molar-refractivity contribution in [2.75, 3.05) is 6.54 Å². The Morgan fingerprint density at radius 2 is 1.93 bits per heavy atom. The number of carbonyl (C=O) groups excluding carboxylic acids is 2. The van der Waals surface area contributed by atoms with Crippen LogP contribution in [0.25, 0.3) is 0 Å². The number of rotatable bonds is 3. The predicted octanol–water partition coefficient (Wildman–Crippen LogP) is 0.0577. The number of Topliss-reactive ketones (excluding diaryl/α,β-unsaturated/α-hetero) is 1. The van der Waals surface area contributed by atoms with E-state index in [1.54, 1.807) is 0 Å². The molecule has 2 N–H and O–H groups in total. The van der Waals surface area contributed by atoms with Crippen molar-refractivity contribution in [3.05, 3.63) is 0 Å². The lowest BCUT2D eigenvalue weighted by molar-refractivity contribution is -0.123. The van der Waals surface area contributed by atoms with Crippen LogP contribution in [0, 0.1) is 0 Å². The van der Waals surface area contributed by atoms with Gasteiger partial charge >= 0.3 is 0 Å². The molecule has 0 aromatic heterocycles. The first-order valence-electron chi connectivity index (χ1n) is 5.22. The number of hydrogen-bond donors (Lipinski definition) is 1. The number of ketones is 1. The molecular weight excluding hydrogens is 180 g/mol. The Bertz CT molecular complexity index is 249. The van der Waals surface area contributed by atoms with Gasteiger partial charge in [-0.2, -0.15) is 0 Å². The summed E-state index contributed by atoms with van der Waals surface area (Å²) in [5, 5.41) is 0. The molecule has 2 bridgehead atoms. The lowest BCUT2D eigenvalue weighted by Gasteiger charge is -2.33. The van der Waals surface area contributed by atoms with Gasteiger partial charge in [-0.1, -0.05) is 0 Å². The highest BCUT2D eigenvalue weighted by Gasteiger charge is 2.39. The van der Waals surface area contributed by atoms with Crippen LogP contribution in [0.5, 0.6) is 0 Å². The van der Waals surface area contributed by atoms with E-state index in [0.29, 0.717) is 37.1 Å². The van der Waals surface area contributed by atoms with Gasteiger partial charge in [0.25, 0.3) is 0 Å². The molecule has 1 amide bonds. The second-order valence-electron chi connectivity index (χ2n) is 4.29. The summed E-state index contributed by atoms with van der Waals surface area (Å²) in [5.41, 5.74) is 5.12. The van der Waals surface area contributed by atoms with Gasteiger partial charge in [0.2, 0.25) is 5.91 Å². The number of hydrogen-bond acceptors (Lipinski definition) is 3. The summed E-state index contributed by atoms with van der Waals surface area (Å²) in [6.07, 6.45) is 3.98. The highest BCUT2D eigenvalue weighted by Crippen LogP contribution is 2.33. The number of nitrogens with zero attached hydrogens (tertiary/aromatic N) is 1. The van der Waals surface area contributed by atoms with Crippen LogP contribution in [0.4, 0.5) is 0 Å². The average Bonchev–Trinajstić information content (AvgIpc) is 2.34. The van der Waals surface area contributed by atoms with Crippen molar-refractivity contribution in [2.24, 2.45) is 5.73 Å². The fourth-order valence-corrected chi connectivity index (χ4v) is 2.67. The SMILES string of the molecule is NC(=O)CCN1C2CCC1CC(=O)C2. The summed E-state index contributed by atoms with van der Waals surface area (Å²) in [5.74, 6) is 0.133. The van der Waals surface area contributed by atoms with Crippen LogP contribution in [0.2, 0.25) is 0 Å². The van der Waals surface area contributed by atoms with Gasteiger partial charge in [0.15, 0.2) is 0 Å². The van der Waals surface area contributed by atoms with Crippen LogP contribution in [-0.2, 0) is 9.59 Å². The fraction of sp³-hybridized carbons (Fsp3) is 0.800. The lowest BCUT2D eigenvalue weighted by Crippen LogP contribution is -2.44. The topological polar surface area (TPSA) is 63.4 Å². The summed E-state index contributed by atoms with van der Waals surface area (Å²) in [7, 11) is 0. The molecule has 2 atom stereocenters. The Balaban J connectivity index is 1.94. The van der Waals surface area contributed by atoms with E-state index in [9.17, 15) is 9.59 Å². The van der Waals surface area contributed by atoms with Crippen LogP contribution < -0.4 is 5.73 Å². The van der Waals surface area contributed by atoms with Crippen molar-refractivity contribution in [1.29, 1.82) is 0 Å². The standard InChI is InChI=1S/C10H16N2O2/c11-10(14)3-4-12-7-1-2-8(12)6-9(13)5-7/h7-8H,1-6H2,(H2,11,14). The van der Waals surface area contributed by atoms with Crippen molar-refractivity contribution in [3.8, 4) is 0 Å². The highest BCUT2D eigenvalue weighted by atomic mass is 16.1. The van der Waals surface area contributed by atoms with Gasteiger partial charge in [-0.3, -0.25) is 14.5 Å². The van der Waals surface area contributed by atoms with Gasteiger partial charge < -0.3 is 5.73 Å². The minimum absolute atomic E-state index is 0.249. The molecule has 2 rings (SSSR count). The summed E-state index contributed by atoms with van der Waals surface area (Å²) >= 11 is 0. The van der Waals surface area contributed by atoms with Gasteiger partial charge in [0.1, 0.15) is 5.78 Å². The van der Waals surface area contributed by atoms with E-state index in [1.165, 1.54) is 0 Å². The summed E-state index contributed by atoms with van der Waals surface area (Å²) in [6.45, 7) is 0.734. The highest BCUT2D eigenvalue weighted by molar-refractivity contribution is 5.81. The van der Waals surface area contributed by atoms with Crippen molar-refractivity contribution >= 4 is 11.7 Å². The van der Waals surface area contributed by atoms with E-state index < -0.39 is 0 Å². The van der Waals surface area contributed by atoms with Gasteiger partial charge in [-0.15, -0.1) is 0 Å². The number of nitrogens with two attached hydrogens (primary N) is 1. The minimum atomic E-state index is -0.249. The van der Waals surface area contributed by atoms with E-state index in [-0.39, 0.29) is 5.91 Å². The van der Waals surface area contributed by atoms with Gasteiger partial charge in [-0.25, -0.2) is 0 Å².